The molecule has 4 nitrogen and oxygen atoms in total. The van der Waals surface area contributed by atoms with Crippen LogP contribution in [0.2, 0.25) is 0 Å². The molecule has 0 heterocycles. The number of urea groups is 1. The Kier molecular flexibility index (Phi) is 5.83. The van der Waals surface area contributed by atoms with Gasteiger partial charge in [0, 0.05) is 12.2 Å². The first-order chi connectivity index (χ1) is 8.90. The first-order valence-electron chi connectivity index (χ1n) is 6.69. The molecule has 2 unspecified atom stereocenters. The van der Waals surface area contributed by atoms with Gasteiger partial charge in [-0.25, -0.2) is 4.79 Å². The van der Waals surface area contributed by atoms with Gasteiger partial charge in [-0.2, -0.15) is 0 Å². The lowest BCUT2D eigenvalue weighted by molar-refractivity contribution is 0.163. The van der Waals surface area contributed by atoms with Gasteiger partial charge in [-0.15, -0.1) is 0 Å². The van der Waals surface area contributed by atoms with E-state index in [4.69, 9.17) is 0 Å². The number of rotatable bonds is 5. The van der Waals surface area contributed by atoms with E-state index >= 15 is 0 Å². The van der Waals surface area contributed by atoms with Gasteiger partial charge in [0.25, 0.3) is 0 Å². The highest BCUT2D eigenvalue weighted by atomic mass is 16.3. The molecule has 19 heavy (non-hydrogen) atoms. The maximum Gasteiger partial charge on any atom is 0.319 e. The summed E-state index contributed by atoms with van der Waals surface area (Å²) in [5.41, 5.74) is 2.96. The monoisotopic (exact) mass is 264 g/mol. The number of para-hydroxylation sites is 1. The molecule has 0 spiro atoms. The number of hydrogen-bond donors (Lipinski definition) is 3. The summed E-state index contributed by atoms with van der Waals surface area (Å²) < 4.78 is 0. The largest absolute Gasteiger partial charge is 0.393 e. The van der Waals surface area contributed by atoms with Crippen LogP contribution >= 0.6 is 0 Å². The molecule has 2 amide bonds. The molecule has 0 radical (unpaired) electrons. The van der Waals surface area contributed by atoms with Crippen LogP contribution in [0.4, 0.5) is 10.5 Å². The van der Waals surface area contributed by atoms with Gasteiger partial charge in [-0.05, 0) is 44.2 Å². The molecule has 4 heteroatoms. The summed E-state index contributed by atoms with van der Waals surface area (Å²) in [6, 6.07) is 5.71. The van der Waals surface area contributed by atoms with Gasteiger partial charge in [-0.3, -0.25) is 0 Å². The van der Waals surface area contributed by atoms with Gasteiger partial charge >= 0.3 is 6.03 Å². The molecule has 0 fully saturated rings. The lowest BCUT2D eigenvalue weighted by atomic mass is 10.1. The zero-order chi connectivity index (χ0) is 14.4. The molecule has 3 N–H and O–H groups in total. The van der Waals surface area contributed by atoms with Gasteiger partial charge in [0.15, 0.2) is 0 Å². The first kappa shape index (κ1) is 15.5. The highest BCUT2D eigenvalue weighted by molar-refractivity contribution is 5.90. The predicted molar refractivity (Wildman–Crippen MR) is 78.4 cm³/mol. The van der Waals surface area contributed by atoms with Crippen molar-refractivity contribution >= 4 is 11.7 Å². The number of nitrogens with one attached hydrogen (secondary N) is 2. The Hall–Kier alpha value is -1.55. The summed E-state index contributed by atoms with van der Waals surface area (Å²) in [6.45, 7) is 8.26. The Morgan fingerprint density at radius 1 is 1.26 bits per heavy atom. The second kappa shape index (κ2) is 7.14. The molecule has 0 aliphatic rings. The van der Waals surface area contributed by atoms with Crippen LogP contribution in [0.25, 0.3) is 0 Å². The standard InChI is InChI=1S/C15H24N2O2/c1-10(8-13(4)18)9-16-15(19)17-14-11(2)6-5-7-12(14)3/h5-7,10,13,18H,8-9H2,1-4H3,(H2,16,17,19). The van der Waals surface area contributed by atoms with E-state index in [1.54, 1.807) is 6.92 Å². The van der Waals surface area contributed by atoms with Gasteiger partial charge in [0.1, 0.15) is 0 Å². The lowest BCUT2D eigenvalue weighted by Crippen LogP contribution is -2.33. The van der Waals surface area contributed by atoms with Crippen molar-refractivity contribution in [3.63, 3.8) is 0 Å². The number of aryl methyl sites for hydroxylation is 2. The summed E-state index contributed by atoms with van der Waals surface area (Å²) in [6.07, 6.45) is 0.349. The fourth-order valence-electron chi connectivity index (χ4n) is 2.10. The number of aliphatic hydroxyl groups is 1. The van der Waals surface area contributed by atoms with Crippen molar-refractivity contribution in [2.45, 2.75) is 40.2 Å². The van der Waals surface area contributed by atoms with Crippen molar-refractivity contribution in [3.8, 4) is 0 Å². The van der Waals surface area contributed by atoms with Crippen LogP contribution in [-0.2, 0) is 0 Å². The van der Waals surface area contributed by atoms with Crippen LogP contribution in [0.5, 0.6) is 0 Å². The van der Waals surface area contributed by atoms with Crippen molar-refractivity contribution in [1.29, 1.82) is 0 Å². The van der Waals surface area contributed by atoms with Crippen LogP contribution in [0.15, 0.2) is 18.2 Å². The molecule has 0 bridgehead atoms. The molecule has 0 aliphatic carbocycles. The Bertz CT molecular complexity index is 410. The van der Waals surface area contributed by atoms with Crippen molar-refractivity contribution in [1.82, 2.24) is 5.32 Å². The number of aliphatic hydroxyl groups excluding tert-OH is 1. The maximum absolute atomic E-state index is 11.8. The fraction of sp³-hybridized carbons (Fsp3) is 0.533. The van der Waals surface area contributed by atoms with Crippen molar-refractivity contribution < 1.29 is 9.90 Å². The normalized spacial score (nSPS) is 13.7. The summed E-state index contributed by atoms with van der Waals surface area (Å²) >= 11 is 0. The van der Waals surface area contributed by atoms with Crippen LogP contribution in [0, 0.1) is 19.8 Å². The third-order valence-corrected chi connectivity index (χ3v) is 3.07. The second-order valence-corrected chi connectivity index (χ2v) is 5.29. The van der Waals surface area contributed by atoms with Gasteiger partial charge in [0.05, 0.1) is 6.10 Å². The number of carbonyl (C=O) groups excluding carboxylic acids is 1. The van der Waals surface area contributed by atoms with Crippen molar-refractivity contribution in [3.05, 3.63) is 29.3 Å². The molecule has 0 aliphatic heterocycles. The third kappa shape index (κ3) is 5.30. The summed E-state index contributed by atoms with van der Waals surface area (Å²) in [5, 5.41) is 15.0. The Morgan fingerprint density at radius 2 is 1.84 bits per heavy atom. The predicted octanol–water partition coefficient (Wildman–Crippen LogP) is 2.83. The maximum atomic E-state index is 11.8. The Morgan fingerprint density at radius 3 is 2.37 bits per heavy atom. The van der Waals surface area contributed by atoms with Crippen LogP contribution in [-0.4, -0.2) is 23.8 Å². The quantitative estimate of drug-likeness (QED) is 0.766. The van der Waals surface area contributed by atoms with E-state index in [0.717, 1.165) is 16.8 Å². The molecule has 0 saturated carbocycles. The minimum Gasteiger partial charge on any atom is -0.393 e. The lowest BCUT2D eigenvalue weighted by Gasteiger charge is -2.16. The van der Waals surface area contributed by atoms with Crippen LogP contribution < -0.4 is 10.6 Å². The molecule has 0 saturated heterocycles. The van der Waals surface area contributed by atoms with E-state index in [1.165, 1.54) is 0 Å². The fourth-order valence-corrected chi connectivity index (χ4v) is 2.10. The van der Waals surface area contributed by atoms with E-state index in [2.05, 4.69) is 10.6 Å². The molecule has 2 atom stereocenters. The number of benzene rings is 1. The Balaban J connectivity index is 2.48. The Labute approximate surface area is 115 Å². The SMILES string of the molecule is Cc1cccc(C)c1NC(=O)NCC(C)CC(C)O. The average molecular weight is 264 g/mol. The van der Waals surface area contributed by atoms with E-state index < -0.39 is 0 Å². The van der Waals surface area contributed by atoms with Crippen LogP contribution in [0.3, 0.4) is 0 Å². The van der Waals surface area contributed by atoms with E-state index in [9.17, 15) is 9.90 Å². The van der Waals surface area contributed by atoms with Gasteiger partial charge in [-0.1, -0.05) is 25.1 Å². The molecular weight excluding hydrogens is 240 g/mol. The zero-order valence-electron chi connectivity index (χ0n) is 12.2. The number of anilines is 1. The second-order valence-electron chi connectivity index (χ2n) is 5.29. The minimum absolute atomic E-state index is 0.199. The summed E-state index contributed by atoms with van der Waals surface area (Å²) in [5.74, 6) is 0.253. The number of carbonyl (C=O) groups is 1. The molecule has 106 valence electrons. The van der Waals surface area contributed by atoms with Crippen molar-refractivity contribution in [2.24, 2.45) is 5.92 Å². The van der Waals surface area contributed by atoms with Crippen LogP contribution in [0.1, 0.15) is 31.4 Å². The minimum atomic E-state index is -0.335. The zero-order valence-corrected chi connectivity index (χ0v) is 12.2. The highest BCUT2D eigenvalue weighted by Gasteiger charge is 2.10. The number of hydrogen-bond acceptors (Lipinski definition) is 2. The molecule has 1 aromatic rings. The van der Waals surface area contributed by atoms with E-state index in [-0.39, 0.29) is 18.1 Å². The summed E-state index contributed by atoms with van der Waals surface area (Å²) in [4.78, 5) is 11.8. The third-order valence-electron chi connectivity index (χ3n) is 3.07. The molecule has 1 rings (SSSR count). The number of amides is 2. The van der Waals surface area contributed by atoms with Gasteiger partial charge in [0.2, 0.25) is 0 Å². The van der Waals surface area contributed by atoms with Gasteiger partial charge < -0.3 is 15.7 Å². The molecule has 1 aromatic carbocycles. The smallest absolute Gasteiger partial charge is 0.319 e. The summed E-state index contributed by atoms with van der Waals surface area (Å²) in [7, 11) is 0. The highest BCUT2D eigenvalue weighted by Crippen LogP contribution is 2.19. The van der Waals surface area contributed by atoms with Crippen molar-refractivity contribution in [2.75, 3.05) is 11.9 Å². The average Bonchev–Trinajstić information content (AvgIpc) is 2.30. The van der Waals surface area contributed by atoms with E-state index in [1.807, 2.05) is 39.0 Å². The molecular formula is C15H24N2O2. The molecule has 0 aromatic heterocycles. The topological polar surface area (TPSA) is 61.4 Å². The van der Waals surface area contributed by atoms with E-state index in [0.29, 0.717) is 13.0 Å². The first-order valence-corrected chi connectivity index (χ1v) is 6.69.